The number of fused-ring (bicyclic) bond motifs is 1. The van der Waals surface area contributed by atoms with Crippen LogP contribution in [0.15, 0.2) is 32.4 Å². The first-order valence-electron chi connectivity index (χ1n) is 10.3. The third-order valence-corrected chi connectivity index (χ3v) is 6.01. The molecular formula is C22H28N6O2. The molecule has 0 saturated heterocycles. The van der Waals surface area contributed by atoms with Crippen LogP contribution in [0.25, 0.3) is 11.0 Å². The predicted octanol–water partition coefficient (Wildman–Crippen LogP) is 2.67. The van der Waals surface area contributed by atoms with Crippen LogP contribution in [0.5, 0.6) is 0 Å². The number of nitrogens with two attached hydrogens (primary N) is 2. The smallest absolute Gasteiger partial charge is 0.288 e. The van der Waals surface area contributed by atoms with Crippen LogP contribution in [0.3, 0.4) is 0 Å². The summed E-state index contributed by atoms with van der Waals surface area (Å²) >= 11 is 0. The lowest BCUT2D eigenvalue weighted by atomic mass is 9.91. The molecule has 4 rings (SSSR count). The standard InChI is InChI=1S/C22H28N6O2/c1-11-4-9-16-15(10-11)12(2)20(30-16)19(17-18(23)22(29)28-27-21(17)24)26-14-7-5-13(25-3)6-8-14/h4,9-10,13-14,25H,5-8H2,1-3H3,(H,28,29)(H4,23,24,27). The van der Waals surface area contributed by atoms with Crippen LogP contribution in [0.1, 0.15) is 48.1 Å². The fourth-order valence-corrected chi connectivity index (χ4v) is 4.20. The van der Waals surface area contributed by atoms with Gasteiger partial charge in [-0.05, 0) is 58.7 Å². The van der Waals surface area contributed by atoms with E-state index in [0.717, 1.165) is 47.8 Å². The third-order valence-electron chi connectivity index (χ3n) is 6.01. The molecule has 2 aromatic heterocycles. The van der Waals surface area contributed by atoms with Gasteiger partial charge in [0.05, 0.1) is 11.6 Å². The number of aryl methyl sites for hydroxylation is 2. The number of H-pyrrole nitrogens is 1. The van der Waals surface area contributed by atoms with Gasteiger partial charge in [-0.25, -0.2) is 5.10 Å². The van der Waals surface area contributed by atoms with Gasteiger partial charge in [0.25, 0.3) is 5.56 Å². The number of hydrogen-bond donors (Lipinski definition) is 4. The number of benzene rings is 1. The highest BCUT2D eigenvalue weighted by atomic mass is 16.3. The van der Waals surface area contributed by atoms with Crippen molar-refractivity contribution in [3.8, 4) is 0 Å². The van der Waals surface area contributed by atoms with Gasteiger partial charge in [-0.1, -0.05) is 11.6 Å². The average molecular weight is 409 g/mol. The summed E-state index contributed by atoms with van der Waals surface area (Å²) in [7, 11) is 1.99. The maximum Gasteiger partial charge on any atom is 0.288 e. The minimum atomic E-state index is -0.490. The lowest BCUT2D eigenvalue weighted by molar-refractivity contribution is 0.360. The molecule has 1 fully saturated rings. The molecule has 0 spiro atoms. The van der Waals surface area contributed by atoms with Crippen molar-refractivity contribution in [2.75, 3.05) is 18.5 Å². The first kappa shape index (κ1) is 20.2. The van der Waals surface area contributed by atoms with Gasteiger partial charge in [0.15, 0.2) is 11.6 Å². The van der Waals surface area contributed by atoms with E-state index in [1.807, 2.05) is 33.0 Å². The van der Waals surface area contributed by atoms with Crippen LogP contribution in [-0.4, -0.2) is 35.0 Å². The second kappa shape index (κ2) is 7.95. The van der Waals surface area contributed by atoms with Crippen molar-refractivity contribution in [1.82, 2.24) is 15.5 Å². The van der Waals surface area contributed by atoms with Crippen LogP contribution in [-0.2, 0) is 0 Å². The number of hydrogen-bond acceptors (Lipinski definition) is 7. The monoisotopic (exact) mass is 408 g/mol. The number of anilines is 2. The lowest BCUT2D eigenvalue weighted by Crippen LogP contribution is -2.32. The van der Waals surface area contributed by atoms with E-state index in [0.29, 0.717) is 23.1 Å². The van der Waals surface area contributed by atoms with Crippen molar-refractivity contribution in [2.24, 2.45) is 4.99 Å². The van der Waals surface area contributed by atoms with Gasteiger partial charge in [0.1, 0.15) is 17.0 Å². The minimum absolute atomic E-state index is 0.00111. The molecular weight excluding hydrogens is 380 g/mol. The van der Waals surface area contributed by atoms with Gasteiger partial charge in [-0.3, -0.25) is 9.79 Å². The summed E-state index contributed by atoms with van der Waals surface area (Å²) in [5, 5.41) is 10.6. The van der Waals surface area contributed by atoms with E-state index in [-0.39, 0.29) is 17.5 Å². The second-order valence-electron chi connectivity index (χ2n) is 8.05. The number of aliphatic imine (C=N–C) groups is 1. The second-order valence-corrected chi connectivity index (χ2v) is 8.05. The van der Waals surface area contributed by atoms with Crippen molar-refractivity contribution in [2.45, 2.75) is 51.6 Å². The molecule has 1 saturated carbocycles. The summed E-state index contributed by atoms with van der Waals surface area (Å²) in [6, 6.07) is 6.63. The van der Waals surface area contributed by atoms with E-state index in [1.54, 1.807) is 0 Å². The largest absolute Gasteiger partial charge is 0.454 e. The molecule has 0 bridgehead atoms. The molecule has 8 heteroatoms. The number of nitrogens with one attached hydrogen (secondary N) is 2. The fourth-order valence-electron chi connectivity index (χ4n) is 4.20. The Morgan fingerprint density at radius 3 is 2.67 bits per heavy atom. The van der Waals surface area contributed by atoms with Crippen molar-refractivity contribution in [3.05, 3.63) is 51.0 Å². The van der Waals surface area contributed by atoms with Gasteiger partial charge >= 0.3 is 0 Å². The van der Waals surface area contributed by atoms with Crippen molar-refractivity contribution < 1.29 is 4.42 Å². The zero-order chi connectivity index (χ0) is 21.4. The van der Waals surface area contributed by atoms with E-state index < -0.39 is 5.56 Å². The molecule has 3 aromatic rings. The summed E-state index contributed by atoms with van der Waals surface area (Å²) in [6.07, 6.45) is 3.94. The molecule has 0 unspecified atom stereocenters. The zero-order valence-electron chi connectivity index (χ0n) is 17.6. The summed E-state index contributed by atoms with van der Waals surface area (Å²) in [6.45, 7) is 4.03. The topological polar surface area (TPSA) is 135 Å². The Morgan fingerprint density at radius 1 is 1.23 bits per heavy atom. The zero-order valence-corrected chi connectivity index (χ0v) is 17.6. The number of aromatic amines is 1. The van der Waals surface area contributed by atoms with Crippen molar-refractivity contribution >= 4 is 28.2 Å². The molecule has 6 N–H and O–H groups in total. The highest BCUT2D eigenvalue weighted by Crippen LogP contribution is 2.32. The molecule has 30 heavy (non-hydrogen) atoms. The number of nitrogens with zero attached hydrogens (tertiary/aromatic N) is 2. The fraction of sp³-hybridized carbons (Fsp3) is 0.409. The van der Waals surface area contributed by atoms with Crippen LogP contribution in [0.2, 0.25) is 0 Å². The van der Waals surface area contributed by atoms with Gasteiger partial charge in [-0.15, -0.1) is 0 Å². The normalized spacial score (nSPS) is 20.0. The summed E-state index contributed by atoms with van der Waals surface area (Å²) in [5.74, 6) is 0.711. The van der Waals surface area contributed by atoms with Crippen LogP contribution in [0.4, 0.5) is 11.5 Å². The Bertz CT molecular complexity index is 1170. The molecule has 0 radical (unpaired) electrons. The average Bonchev–Trinajstić information content (AvgIpc) is 3.06. The molecule has 0 aliphatic heterocycles. The number of furan rings is 1. The number of nitrogen functional groups attached to an aromatic ring is 2. The molecule has 0 atom stereocenters. The van der Waals surface area contributed by atoms with Crippen LogP contribution >= 0.6 is 0 Å². The van der Waals surface area contributed by atoms with Crippen LogP contribution < -0.4 is 22.3 Å². The Hall–Kier alpha value is -3.13. The Morgan fingerprint density at radius 2 is 1.97 bits per heavy atom. The Balaban J connectivity index is 1.89. The Kier molecular flexibility index (Phi) is 5.34. The first-order valence-corrected chi connectivity index (χ1v) is 10.3. The maximum absolute atomic E-state index is 12.2. The summed E-state index contributed by atoms with van der Waals surface area (Å²) in [4.78, 5) is 17.2. The van der Waals surface area contributed by atoms with Gasteiger partial charge in [0.2, 0.25) is 0 Å². The van der Waals surface area contributed by atoms with Crippen LogP contribution in [0, 0.1) is 13.8 Å². The maximum atomic E-state index is 12.2. The minimum Gasteiger partial charge on any atom is -0.454 e. The first-order chi connectivity index (χ1) is 14.4. The highest BCUT2D eigenvalue weighted by molar-refractivity contribution is 6.18. The molecule has 1 aliphatic carbocycles. The van der Waals surface area contributed by atoms with E-state index in [2.05, 4.69) is 21.6 Å². The lowest BCUT2D eigenvalue weighted by Gasteiger charge is -2.26. The number of rotatable bonds is 4. The molecule has 1 aliphatic rings. The molecule has 158 valence electrons. The van der Waals surface area contributed by atoms with E-state index in [9.17, 15) is 4.79 Å². The summed E-state index contributed by atoms with van der Waals surface area (Å²) < 4.78 is 6.21. The van der Waals surface area contributed by atoms with E-state index in [4.69, 9.17) is 20.9 Å². The number of aromatic nitrogens is 2. The predicted molar refractivity (Wildman–Crippen MR) is 120 cm³/mol. The molecule has 1 aromatic carbocycles. The quantitative estimate of drug-likeness (QED) is 0.490. The highest BCUT2D eigenvalue weighted by Gasteiger charge is 2.27. The van der Waals surface area contributed by atoms with E-state index in [1.165, 1.54) is 0 Å². The van der Waals surface area contributed by atoms with Gasteiger partial charge in [0, 0.05) is 17.0 Å². The molecule has 2 heterocycles. The SMILES string of the molecule is CNC1CCC(N=C(c2oc3ccc(C)cc3c2C)c2c(N)n[nH]c(=O)c2N)CC1. The molecule has 0 amide bonds. The third kappa shape index (κ3) is 3.59. The summed E-state index contributed by atoms with van der Waals surface area (Å²) in [5.41, 5.74) is 15.5. The van der Waals surface area contributed by atoms with Crippen molar-refractivity contribution in [1.29, 1.82) is 0 Å². The Labute approximate surface area is 174 Å². The van der Waals surface area contributed by atoms with E-state index >= 15 is 0 Å². The van der Waals surface area contributed by atoms with Gasteiger partial charge < -0.3 is 21.2 Å². The molecule has 8 nitrogen and oxygen atoms in total. The van der Waals surface area contributed by atoms with Gasteiger partial charge in [-0.2, -0.15) is 5.10 Å². The van der Waals surface area contributed by atoms with Crippen molar-refractivity contribution in [3.63, 3.8) is 0 Å².